The summed E-state index contributed by atoms with van der Waals surface area (Å²) in [6, 6.07) is 6.33. The Morgan fingerprint density at radius 3 is 1.92 bits per heavy atom. The second-order valence-electron chi connectivity index (χ2n) is 1.85. The first kappa shape index (κ1) is 15.5. The van der Waals surface area contributed by atoms with E-state index in [1.807, 2.05) is 0 Å². The van der Waals surface area contributed by atoms with Crippen LogP contribution in [0, 0.1) is 0 Å². The van der Waals surface area contributed by atoms with Crippen molar-refractivity contribution in [1.82, 2.24) is 0 Å². The number of carbonyl (C=O) groups is 1. The monoisotopic (exact) mass is 202 g/mol. The van der Waals surface area contributed by atoms with Gasteiger partial charge < -0.3 is 5.11 Å². The fourth-order valence-corrected chi connectivity index (χ4v) is 0.753. The number of aromatic carboxylic acids is 1. The van der Waals surface area contributed by atoms with Crippen LogP contribution in [0.15, 0.2) is 29.2 Å². The van der Waals surface area contributed by atoms with Gasteiger partial charge in [-0.05, 0) is 24.3 Å². The fraction of sp³-hybridized carbons (Fsp3) is 0. The van der Waals surface area contributed by atoms with E-state index < -0.39 is 5.97 Å². The zero-order chi connectivity index (χ0) is 7.56. The first-order valence-electron chi connectivity index (χ1n) is 2.72. The van der Waals surface area contributed by atoms with Gasteiger partial charge in [-0.3, -0.25) is 0 Å². The average Bonchev–Trinajstić information content (AvgIpc) is 1.88. The van der Waals surface area contributed by atoms with Crippen molar-refractivity contribution in [3.05, 3.63) is 29.8 Å². The van der Waals surface area contributed by atoms with E-state index in [-0.39, 0.29) is 64.7 Å². The molecule has 1 rings (SSSR count). The minimum absolute atomic E-state index is 0. The van der Waals surface area contributed by atoms with Crippen molar-refractivity contribution >= 4 is 77.7 Å². The van der Waals surface area contributed by atoms with Crippen LogP contribution in [0.1, 0.15) is 10.4 Å². The molecule has 1 aromatic carbocycles. The van der Waals surface area contributed by atoms with Gasteiger partial charge >= 0.3 is 65.1 Å². The summed E-state index contributed by atoms with van der Waals surface area (Å²) < 4.78 is 0. The Bertz CT molecular complexity index is 248. The van der Waals surface area contributed by atoms with Crippen LogP contribution in [0.2, 0.25) is 0 Å². The quantitative estimate of drug-likeness (QED) is 0.510. The number of rotatable bonds is 1. The topological polar surface area (TPSA) is 37.3 Å². The Hall–Kier alpha value is 1.04. The molecule has 0 spiro atoms. The Morgan fingerprint density at radius 1 is 1.17 bits per heavy atom. The molecule has 0 aliphatic carbocycles. The zero-order valence-electron chi connectivity index (χ0n) is 5.11. The molecule has 0 unspecified atom stereocenters. The second-order valence-corrected chi connectivity index (χ2v) is 2.37. The van der Waals surface area contributed by atoms with Gasteiger partial charge in [0.1, 0.15) is 0 Å². The molecule has 0 amide bonds. The molecular weight excluding hydrogens is 194 g/mol. The SMILES string of the molecule is O=C(O)c1ccc(S)cc1.[NaH].[NaH]. The van der Waals surface area contributed by atoms with E-state index in [4.69, 9.17) is 5.11 Å². The third kappa shape index (κ3) is 4.92. The number of hydrogen-bond acceptors (Lipinski definition) is 2. The molecule has 0 saturated carbocycles. The van der Waals surface area contributed by atoms with Crippen molar-refractivity contribution in [1.29, 1.82) is 0 Å². The fourth-order valence-electron chi connectivity index (χ4n) is 0.604. The molecule has 0 aliphatic rings. The van der Waals surface area contributed by atoms with Gasteiger partial charge in [-0.25, -0.2) is 4.79 Å². The molecule has 1 N–H and O–H groups in total. The number of hydrogen-bond donors (Lipinski definition) is 2. The minimum atomic E-state index is -0.909. The molecule has 0 radical (unpaired) electrons. The molecular formula is C7H8Na2O2S. The van der Waals surface area contributed by atoms with Crippen molar-refractivity contribution in [2.75, 3.05) is 0 Å². The number of carboxylic acid groups (broad SMARTS) is 1. The first-order valence-corrected chi connectivity index (χ1v) is 3.17. The van der Waals surface area contributed by atoms with Gasteiger partial charge in [0.05, 0.1) is 5.56 Å². The molecule has 0 atom stereocenters. The van der Waals surface area contributed by atoms with Gasteiger partial charge in [0.2, 0.25) is 0 Å². The van der Waals surface area contributed by atoms with Gasteiger partial charge in [-0.15, -0.1) is 12.6 Å². The van der Waals surface area contributed by atoms with Crippen LogP contribution >= 0.6 is 12.6 Å². The molecule has 0 saturated heterocycles. The molecule has 2 nitrogen and oxygen atoms in total. The third-order valence-electron chi connectivity index (χ3n) is 1.11. The van der Waals surface area contributed by atoms with E-state index in [1.54, 1.807) is 12.1 Å². The van der Waals surface area contributed by atoms with Gasteiger partial charge in [0.15, 0.2) is 0 Å². The Kier molecular flexibility index (Phi) is 9.62. The third-order valence-corrected chi connectivity index (χ3v) is 1.41. The normalized spacial score (nSPS) is 7.75. The standard InChI is InChI=1S/C7H6O2S.2Na.2H/c8-7(9)5-1-3-6(10)4-2-5;;;;/h1-4,10H,(H,8,9);;;;. The summed E-state index contributed by atoms with van der Waals surface area (Å²) in [4.78, 5) is 11.1. The van der Waals surface area contributed by atoms with E-state index in [2.05, 4.69) is 12.6 Å². The second kappa shape index (κ2) is 7.44. The van der Waals surface area contributed by atoms with Gasteiger partial charge in [-0.1, -0.05) is 0 Å². The van der Waals surface area contributed by atoms with Crippen LogP contribution in [0.25, 0.3) is 0 Å². The van der Waals surface area contributed by atoms with Crippen LogP contribution in [0.3, 0.4) is 0 Å². The van der Waals surface area contributed by atoms with Gasteiger partial charge in [0.25, 0.3) is 0 Å². The summed E-state index contributed by atoms with van der Waals surface area (Å²) >= 11 is 4.01. The van der Waals surface area contributed by atoms with Crippen LogP contribution in [-0.2, 0) is 0 Å². The zero-order valence-corrected chi connectivity index (χ0v) is 6.01. The van der Waals surface area contributed by atoms with E-state index in [1.165, 1.54) is 12.1 Å². The average molecular weight is 202 g/mol. The molecule has 5 heteroatoms. The van der Waals surface area contributed by atoms with E-state index in [0.717, 1.165) is 4.90 Å². The molecule has 12 heavy (non-hydrogen) atoms. The molecule has 0 fully saturated rings. The maximum atomic E-state index is 10.3. The predicted molar refractivity (Wildman–Crippen MR) is 55.0 cm³/mol. The molecule has 0 aromatic heterocycles. The summed E-state index contributed by atoms with van der Waals surface area (Å²) in [5.41, 5.74) is 0.290. The van der Waals surface area contributed by atoms with Crippen LogP contribution in [-0.4, -0.2) is 70.2 Å². The van der Waals surface area contributed by atoms with Crippen LogP contribution in [0.5, 0.6) is 0 Å². The first-order chi connectivity index (χ1) is 4.70. The Labute approximate surface area is 121 Å². The number of benzene rings is 1. The molecule has 0 heterocycles. The van der Waals surface area contributed by atoms with Crippen LogP contribution < -0.4 is 0 Å². The Morgan fingerprint density at radius 2 is 1.58 bits per heavy atom. The molecule has 56 valence electrons. The van der Waals surface area contributed by atoms with Crippen molar-refractivity contribution < 1.29 is 9.90 Å². The summed E-state index contributed by atoms with van der Waals surface area (Å²) in [5, 5.41) is 8.45. The summed E-state index contributed by atoms with van der Waals surface area (Å²) in [6.45, 7) is 0. The van der Waals surface area contributed by atoms with Crippen molar-refractivity contribution in [3.8, 4) is 0 Å². The number of thiol groups is 1. The van der Waals surface area contributed by atoms with Crippen molar-refractivity contribution in [2.45, 2.75) is 4.90 Å². The Balaban J connectivity index is 0. The molecule has 0 bridgehead atoms. The van der Waals surface area contributed by atoms with Crippen LogP contribution in [0.4, 0.5) is 0 Å². The van der Waals surface area contributed by atoms with Gasteiger partial charge in [0, 0.05) is 4.90 Å². The summed E-state index contributed by atoms with van der Waals surface area (Å²) in [7, 11) is 0. The van der Waals surface area contributed by atoms with Gasteiger partial charge in [-0.2, -0.15) is 0 Å². The van der Waals surface area contributed by atoms with Crippen molar-refractivity contribution in [2.24, 2.45) is 0 Å². The predicted octanol–water partition coefficient (Wildman–Crippen LogP) is 0.376. The number of carboxylic acids is 1. The maximum absolute atomic E-state index is 10.3. The summed E-state index contributed by atoms with van der Waals surface area (Å²) in [6.07, 6.45) is 0. The molecule has 1 aromatic rings. The van der Waals surface area contributed by atoms with E-state index in [0.29, 0.717) is 0 Å². The van der Waals surface area contributed by atoms with E-state index >= 15 is 0 Å². The summed E-state index contributed by atoms with van der Waals surface area (Å²) in [5.74, 6) is -0.909. The van der Waals surface area contributed by atoms with E-state index in [9.17, 15) is 4.79 Å². The molecule has 0 aliphatic heterocycles. The van der Waals surface area contributed by atoms with Crippen molar-refractivity contribution in [3.63, 3.8) is 0 Å².